The first-order chi connectivity index (χ1) is 9.15. The van der Waals surface area contributed by atoms with E-state index in [2.05, 4.69) is 18.7 Å². The number of aliphatic hydroxyl groups excluding tert-OH is 1. The van der Waals surface area contributed by atoms with Crippen LogP contribution < -0.4 is 4.90 Å². The summed E-state index contributed by atoms with van der Waals surface area (Å²) >= 11 is 6.33. The molecule has 0 amide bonds. The maximum absolute atomic E-state index is 9.48. The fourth-order valence-electron chi connectivity index (χ4n) is 3.20. The zero-order valence-corrected chi connectivity index (χ0v) is 12.7. The number of aliphatic hydroxyl groups is 1. The second kappa shape index (κ2) is 6.15. The number of rotatable bonds is 4. The van der Waals surface area contributed by atoms with Crippen LogP contribution in [0.25, 0.3) is 0 Å². The highest BCUT2D eigenvalue weighted by Gasteiger charge is 2.32. The average molecular weight is 282 g/mol. The summed E-state index contributed by atoms with van der Waals surface area (Å²) < 4.78 is 0. The molecule has 0 unspecified atom stereocenters. The van der Waals surface area contributed by atoms with Crippen molar-refractivity contribution in [2.24, 2.45) is 5.41 Å². The van der Waals surface area contributed by atoms with Gasteiger partial charge in [-0.15, -0.1) is 0 Å². The molecule has 106 valence electrons. The number of anilines is 1. The van der Waals surface area contributed by atoms with Gasteiger partial charge in [0.2, 0.25) is 0 Å². The monoisotopic (exact) mass is 281 g/mol. The Kier molecular flexibility index (Phi) is 4.75. The molecule has 1 aromatic rings. The summed E-state index contributed by atoms with van der Waals surface area (Å²) in [6.45, 7) is 6.73. The van der Waals surface area contributed by atoms with E-state index in [1.807, 2.05) is 18.2 Å². The fraction of sp³-hybridized carbons (Fsp3) is 0.625. The van der Waals surface area contributed by atoms with Crippen molar-refractivity contribution < 1.29 is 5.11 Å². The molecule has 1 N–H and O–H groups in total. The fourth-order valence-corrected chi connectivity index (χ4v) is 3.52. The van der Waals surface area contributed by atoms with Gasteiger partial charge in [-0.25, -0.2) is 0 Å². The van der Waals surface area contributed by atoms with Crippen LogP contribution in [0.5, 0.6) is 0 Å². The Morgan fingerprint density at radius 2 is 1.84 bits per heavy atom. The molecular weight excluding hydrogens is 258 g/mol. The van der Waals surface area contributed by atoms with Gasteiger partial charge in [0, 0.05) is 18.7 Å². The lowest BCUT2D eigenvalue weighted by Gasteiger charge is -2.42. The third-order valence-corrected chi connectivity index (χ3v) is 5.19. The molecule has 0 aromatic heterocycles. The van der Waals surface area contributed by atoms with Crippen molar-refractivity contribution in [2.75, 3.05) is 18.0 Å². The summed E-state index contributed by atoms with van der Waals surface area (Å²) in [6, 6.07) is 5.78. The summed E-state index contributed by atoms with van der Waals surface area (Å²) in [4.78, 5) is 2.34. The zero-order valence-electron chi connectivity index (χ0n) is 12.0. The standard InChI is InChI=1S/C16H24ClNO/c1-3-16(4-2)8-10-18(11-9-16)15-13(12-19)6-5-7-14(15)17/h5-7,19H,3-4,8-12H2,1-2H3. The lowest BCUT2D eigenvalue weighted by molar-refractivity contribution is 0.199. The predicted octanol–water partition coefficient (Wildman–Crippen LogP) is 4.24. The van der Waals surface area contributed by atoms with Crippen LogP contribution in [0.15, 0.2) is 18.2 Å². The van der Waals surface area contributed by atoms with Crippen molar-refractivity contribution in [3.63, 3.8) is 0 Å². The van der Waals surface area contributed by atoms with Gasteiger partial charge in [0.25, 0.3) is 0 Å². The molecule has 2 rings (SSSR count). The quantitative estimate of drug-likeness (QED) is 0.892. The Morgan fingerprint density at radius 1 is 1.21 bits per heavy atom. The molecule has 2 nitrogen and oxygen atoms in total. The van der Waals surface area contributed by atoms with E-state index < -0.39 is 0 Å². The minimum Gasteiger partial charge on any atom is -0.392 e. The van der Waals surface area contributed by atoms with Crippen LogP contribution in [0.2, 0.25) is 5.02 Å². The van der Waals surface area contributed by atoms with E-state index in [0.717, 1.165) is 29.4 Å². The molecular formula is C16H24ClNO. The molecule has 1 heterocycles. The topological polar surface area (TPSA) is 23.5 Å². The molecule has 0 spiro atoms. The van der Waals surface area contributed by atoms with E-state index in [0.29, 0.717) is 5.41 Å². The second-order valence-electron chi connectivity index (χ2n) is 5.60. The van der Waals surface area contributed by atoms with Crippen LogP contribution in [0.1, 0.15) is 45.1 Å². The highest BCUT2D eigenvalue weighted by Crippen LogP contribution is 2.41. The minimum absolute atomic E-state index is 0.0547. The van der Waals surface area contributed by atoms with Crippen molar-refractivity contribution in [3.05, 3.63) is 28.8 Å². The van der Waals surface area contributed by atoms with Crippen LogP contribution in [-0.2, 0) is 6.61 Å². The Balaban J connectivity index is 2.18. The maximum atomic E-state index is 9.48. The van der Waals surface area contributed by atoms with E-state index >= 15 is 0 Å². The first-order valence-corrected chi connectivity index (χ1v) is 7.67. The smallest absolute Gasteiger partial charge is 0.0702 e. The van der Waals surface area contributed by atoms with E-state index in [1.54, 1.807) is 0 Å². The summed E-state index contributed by atoms with van der Waals surface area (Å²) in [7, 11) is 0. The van der Waals surface area contributed by atoms with Gasteiger partial charge in [0.05, 0.1) is 17.3 Å². The van der Waals surface area contributed by atoms with E-state index in [9.17, 15) is 5.11 Å². The molecule has 0 radical (unpaired) electrons. The summed E-state index contributed by atoms with van der Waals surface area (Å²) in [5.41, 5.74) is 2.48. The van der Waals surface area contributed by atoms with Gasteiger partial charge in [-0.3, -0.25) is 0 Å². The average Bonchev–Trinajstić information content (AvgIpc) is 2.47. The van der Waals surface area contributed by atoms with E-state index in [-0.39, 0.29) is 6.61 Å². The number of piperidine rings is 1. The zero-order chi connectivity index (χ0) is 13.9. The molecule has 19 heavy (non-hydrogen) atoms. The van der Waals surface area contributed by atoms with E-state index in [1.165, 1.54) is 25.7 Å². The molecule has 0 aliphatic carbocycles. The van der Waals surface area contributed by atoms with Crippen molar-refractivity contribution in [3.8, 4) is 0 Å². The SMILES string of the molecule is CCC1(CC)CCN(c2c(Cl)cccc2CO)CC1. The Morgan fingerprint density at radius 3 is 2.37 bits per heavy atom. The number of halogens is 1. The Hall–Kier alpha value is -0.730. The Labute approximate surface area is 121 Å². The van der Waals surface area contributed by atoms with Crippen LogP contribution >= 0.6 is 11.6 Å². The first-order valence-electron chi connectivity index (χ1n) is 7.29. The number of hydrogen-bond acceptors (Lipinski definition) is 2. The molecule has 0 atom stereocenters. The van der Waals surface area contributed by atoms with Crippen LogP contribution in [-0.4, -0.2) is 18.2 Å². The van der Waals surface area contributed by atoms with Gasteiger partial charge in [-0.1, -0.05) is 50.4 Å². The third kappa shape index (κ3) is 2.90. The van der Waals surface area contributed by atoms with Gasteiger partial charge in [-0.05, 0) is 24.3 Å². The second-order valence-corrected chi connectivity index (χ2v) is 6.01. The predicted molar refractivity (Wildman–Crippen MR) is 81.8 cm³/mol. The molecule has 1 saturated heterocycles. The summed E-state index contributed by atoms with van der Waals surface area (Å²) in [5.74, 6) is 0. The third-order valence-electron chi connectivity index (χ3n) is 4.88. The first kappa shape index (κ1) is 14.7. The number of benzene rings is 1. The van der Waals surface area contributed by atoms with Gasteiger partial charge in [0.1, 0.15) is 0 Å². The molecule has 1 aliphatic rings. The summed E-state index contributed by atoms with van der Waals surface area (Å²) in [5, 5.41) is 10.2. The summed E-state index contributed by atoms with van der Waals surface area (Å²) in [6.07, 6.45) is 4.95. The minimum atomic E-state index is 0.0547. The molecule has 1 fully saturated rings. The molecule has 0 saturated carbocycles. The van der Waals surface area contributed by atoms with Crippen molar-refractivity contribution >= 4 is 17.3 Å². The normalized spacial score (nSPS) is 18.6. The van der Waals surface area contributed by atoms with Crippen molar-refractivity contribution in [1.29, 1.82) is 0 Å². The van der Waals surface area contributed by atoms with Gasteiger partial charge in [-0.2, -0.15) is 0 Å². The van der Waals surface area contributed by atoms with Crippen molar-refractivity contribution in [2.45, 2.75) is 46.1 Å². The highest BCUT2D eigenvalue weighted by atomic mass is 35.5. The van der Waals surface area contributed by atoms with Gasteiger partial charge in [0.15, 0.2) is 0 Å². The highest BCUT2D eigenvalue weighted by molar-refractivity contribution is 6.33. The van der Waals surface area contributed by atoms with Gasteiger partial charge >= 0.3 is 0 Å². The Bertz CT molecular complexity index is 419. The maximum Gasteiger partial charge on any atom is 0.0702 e. The van der Waals surface area contributed by atoms with E-state index in [4.69, 9.17) is 11.6 Å². The molecule has 3 heteroatoms. The molecule has 1 aromatic carbocycles. The number of para-hydroxylation sites is 1. The molecule has 0 bridgehead atoms. The largest absolute Gasteiger partial charge is 0.392 e. The lowest BCUT2D eigenvalue weighted by Crippen LogP contribution is -2.40. The van der Waals surface area contributed by atoms with Crippen LogP contribution in [0, 0.1) is 5.41 Å². The van der Waals surface area contributed by atoms with Crippen molar-refractivity contribution in [1.82, 2.24) is 0 Å². The van der Waals surface area contributed by atoms with Gasteiger partial charge < -0.3 is 10.0 Å². The lowest BCUT2D eigenvalue weighted by atomic mass is 9.74. The molecule has 1 aliphatic heterocycles. The van der Waals surface area contributed by atoms with Crippen LogP contribution in [0.4, 0.5) is 5.69 Å². The number of hydrogen-bond donors (Lipinski definition) is 1. The number of nitrogens with zero attached hydrogens (tertiary/aromatic N) is 1. The van der Waals surface area contributed by atoms with Crippen LogP contribution in [0.3, 0.4) is 0 Å².